The van der Waals surface area contributed by atoms with Crippen LogP contribution in [0.2, 0.25) is 0 Å². The van der Waals surface area contributed by atoms with Gasteiger partial charge in [0.25, 0.3) is 0 Å². The topological polar surface area (TPSA) is 49.7 Å². The largest absolute Gasteiger partial charge is 0.393 e. The van der Waals surface area contributed by atoms with Crippen LogP contribution in [0.5, 0.6) is 0 Å². The number of fused-ring (bicyclic) bond motifs is 5. The van der Waals surface area contributed by atoms with Crippen LogP contribution in [0.3, 0.4) is 0 Å². The molecule has 0 radical (unpaired) electrons. The van der Waals surface area contributed by atoms with Gasteiger partial charge in [-0.05, 0) is 129 Å². The quantitative estimate of drug-likeness (QED) is 0.540. The second-order valence-corrected chi connectivity index (χ2v) is 13.5. The first-order valence-corrected chi connectivity index (χ1v) is 14.2. The summed E-state index contributed by atoms with van der Waals surface area (Å²) in [4.78, 5) is 0. The fourth-order valence-corrected chi connectivity index (χ4v) is 10.3. The van der Waals surface area contributed by atoms with E-state index in [-0.39, 0.29) is 6.10 Å². The number of aliphatic hydroxyl groups is 2. The molecular formula is C29H50O3. The zero-order chi connectivity index (χ0) is 22.7. The molecule has 5 rings (SSSR count). The van der Waals surface area contributed by atoms with Crippen LogP contribution >= 0.6 is 0 Å². The van der Waals surface area contributed by atoms with Gasteiger partial charge in [-0.2, -0.15) is 0 Å². The zero-order valence-electron chi connectivity index (χ0n) is 21.3. The van der Waals surface area contributed by atoms with E-state index in [1.165, 1.54) is 44.9 Å². The maximum absolute atomic E-state index is 11.3. The minimum Gasteiger partial charge on any atom is -0.393 e. The van der Waals surface area contributed by atoms with Crippen LogP contribution in [0, 0.1) is 52.3 Å². The van der Waals surface area contributed by atoms with Crippen molar-refractivity contribution in [2.45, 2.75) is 116 Å². The Morgan fingerprint density at radius 2 is 1.59 bits per heavy atom. The van der Waals surface area contributed by atoms with Crippen LogP contribution in [-0.2, 0) is 4.74 Å². The van der Waals surface area contributed by atoms with Crippen LogP contribution in [0.4, 0.5) is 0 Å². The highest BCUT2D eigenvalue weighted by Gasteiger charge is 2.61. The van der Waals surface area contributed by atoms with Gasteiger partial charge in [0.1, 0.15) is 0 Å². The molecule has 0 aromatic rings. The third-order valence-corrected chi connectivity index (χ3v) is 12.5. The van der Waals surface area contributed by atoms with Crippen molar-refractivity contribution >= 4 is 0 Å². The molecule has 2 N–H and O–H groups in total. The van der Waals surface area contributed by atoms with Crippen molar-refractivity contribution < 1.29 is 14.9 Å². The summed E-state index contributed by atoms with van der Waals surface area (Å²) in [5.41, 5.74) is 0.458. The van der Waals surface area contributed by atoms with E-state index in [2.05, 4.69) is 27.7 Å². The normalized spacial score (nSPS) is 51.4. The highest BCUT2D eigenvalue weighted by Crippen LogP contribution is 2.69. The van der Waals surface area contributed by atoms with Crippen molar-refractivity contribution in [2.24, 2.45) is 52.3 Å². The zero-order valence-corrected chi connectivity index (χ0v) is 21.3. The van der Waals surface area contributed by atoms with Crippen LogP contribution in [0.1, 0.15) is 105 Å². The molecule has 1 saturated heterocycles. The lowest BCUT2D eigenvalue weighted by molar-refractivity contribution is -0.155. The molecule has 184 valence electrons. The maximum Gasteiger partial charge on any atom is 0.0648 e. The van der Waals surface area contributed by atoms with Gasteiger partial charge in [0.15, 0.2) is 0 Å². The van der Waals surface area contributed by atoms with Crippen molar-refractivity contribution in [1.82, 2.24) is 0 Å². The molecule has 1 heterocycles. The lowest BCUT2D eigenvalue weighted by Gasteiger charge is -2.62. The Hall–Kier alpha value is -0.120. The summed E-state index contributed by atoms with van der Waals surface area (Å²) in [6.07, 6.45) is 14.3. The number of hydrogen-bond acceptors (Lipinski definition) is 3. The van der Waals surface area contributed by atoms with E-state index in [9.17, 15) is 10.2 Å². The Morgan fingerprint density at radius 1 is 0.875 bits per heavy atom. The number of rotatable bonds is 4. The van der Waals surface area contributed by atoms with Gasteiger partial charge in [-0.15, -0.1) is 0 Å². The molecule has 0 bridgehead atoms. The first-order valence-electron chi connectivity index (χ1n) is 14.2. The molecule has 32 heavy (non-hydrogen) atoms. The molecule has 0 aromatic carbocycles. The molecule has 0 amide bonds. The predicted molar refractivity (Wildman–Crippen MR) is 129 cm³/mol. The molecule has 1 aliphatic heterocycles. The lowest BCUT2D eigenvalue weighted by Crippen LogP contribution is -2.56. The molecule has 10 atom stereocenters. The SMILES string of the molecule is CC[C@]1(O)CC[C@@]2(C)[C@@H](CC[C@@H]3[C@@H]2CC[C@]2(C)[C@@H](C(C)C(O)C4CCOCC4)CC[C@@H]32)C1. The average molecular weight is 447 g/mol. The second kappa shape index (κ2) is 8.52. The Bertz CT molecular complexity index is 673. The van der Waals surface area contributed by atoms with Crippen molar-refractivity contribution in [3.05, 3.63) is 0 Å². The van der Waals surface area contributed by atoms with Gasteiger partial charge >= 0.3 is 0 Å². The van der Waals surface area contributed by atoms with Crippen molar-refractivity contribution in [1.29, 1.82) is 0 Å². The predicted octanol–water partition coefficient (Wildman–Crippen LogP) is 6.21. The smallest absolute Gasteiger partial charge is 0.0648 e. The minimum absolute atomic E-state index is 0.157. The minimum atomic E-state index is -0.394. The van der Waals surface area contributed by atoms with Gasteiger partial charge in [-0.3, -0.25) is 0 Å². The molecule has 4 saturated carbocycles. The highest BCUT2D eigenvalue weighted by molar-refractivity contribution is 5.11. The van der Waals surface area contributed by atoms with Gasteiger partial charge < -0.3 is 14.9 Å². The van der Waals surface area contributed by atoms with Crippen LogP contribution in [0.15, 0.2) is 0 Å². The molecule has 3 heteroatoms. The molecule has 3 nitrogen and oxygen atoms in total. The second-order valence-electron chi connectivity index (χ2n) is 13.5. The molecule has 5 fully saturated rings. The van der Waals surface area contributed by atoms with E-state index >= 15 is 0 Å². The summed E-state index contributed by atoms with van der Waals surface area (Å²) < 4.78 is 5.57. The molecular weight excluding hydrogens is 396 g/mol. The average Bonchev–Trinajstić information content (AvgIpc) is 3.16. The van der Waals surface area contributed by atoms with Crippen LogP contribution in [0.25, 0.3) is 0 Å². The molecule has 0 aromatic heterocycles. The van der Waals surface area contributed by atoms with Crippen LogP contribution in [-0.4, -0.2) is 35.1 Å². The van der Waals surface area contributed by atoms with Gasteiger partial charge in [-0.1, -0.05) is 27.7 Å². The fraction of sp³-hybridized carbons (Fsp3) is 1.00. The summed E-state index contributed by atoms with van der Waals surface area (Å²) in [6.45, 7) is 11.4. The third-order valence-electron chi connectivity index (χ3n) is 12.5. The van der Waals surface area contributed by atoms with Gasteiger partial charge in [0.2, 0.25) is 0 Å². The first kappa shape index (κ1) is 23.6. The van der Waals surface area contributed by atoms with Gasteiger partial charge in [0, 0.05) is 13.2 Å². The Balaban J connectivity index is 1.32. The Morgan fingerprint density at radius 3 is 2.31 bits per heavy atom. The Kier molecular flexibility index (Phi) is 6.29. The van der Waals surface area contributed by atoms with Crippen molar-refractivity contribution in [3.8, 4) is 0 Å². The first-order chi connectivity index (χ1) is 15.2. The molecule has 2 unspecified atom stereocenters. The monoisotopic (exact) mass is 446 g/mol. The standard InChI is InChI=1S/C29H50O3/c1-5-29(31)15-14-27(3)21(18-29)6-7-22-24-9-8-23(28(24,4)13-10-25(22)27)19(2)26(30)20-11-16-32-17-12-20/h19-26,30-31H,5-18H2,1-4H3/t19?,21-,22-,23+,24-,25-,26?,27-,28+,29-/m0/s1. The number of hydrogen-bond donors (Lipinski definition) is 2. The van der Waals surface area contributed by atoms with Gasteiger partial charge in [0.05, 0.1) is 11.7 Å². The maximum atomic E-state index is 11.3. The van der Waals surface area contributed by atoms with E-state index in [1.807, 2.05) is 0 Å². The highest BCUT2D eigenvalue weighted by atomic mass is 16.5. The third kappa shape index (κ3) is 3.63. The van der Waals surface area contributed by atoms with E-state index in [4.69, 9.17) is 4.74 Å². The number of ether oxygens (including phenoxy) is 1. The summed E-state index contributed by atoms with van der Waals surface area (Å²) in [5, 5.41) is 22.4. The lowest BCUT2D eigenvalue weighted by atomic mass is 9.43. The van der Waals surface area contributed by atoms with Crippen molar-refractivity contribution in [3.63, 3.8) is 0 Å². The molecule has 4 aliphatic carbocycles. The Labute approximate surface area is 197 Å². The number of aliphatic hydroxyl groups excluding tert-OH is 1. The summed E-state index contributed by atoms with van der Waals surface area (Å²) in [6, 6.07) is 0. The van der Waals surface area contributed by atoms with Crippen molar-refractivity contribution in [2.75, 3.05) is 13.2 Å². The van der Waals surface area contributed by atoms with E-state index in [0.29, 0.717) is 28.6 Å². The van der Waals surface area contributed by atoms with Gasteiger partial charge in [-0.25, -0.2) is 0 Å². The summed E-state index contributed by atoms with van der Waals surface area (Å²) in [5.74, 6) is 4.82. The molecule has 5 aliphatic rings. The van der Waals surface area contributed by atoms with E-state index < -0.39 is 5.60 Å². The summed E-state index contributed by atoms with van der Waals surface area (Å²) in [7, 11) is 0. The fourth-order valence-electron chi connectivity index (χ4n) is 10.3. The van der Waals surface area contributed by atoms with E-state index in [1.54, 1.807) is 0 Å². The molecule has 0 spiro atoms. The van der Waals surface area contributed by atoms with E-state index in [0.717, 1.165) is 69.0 Å². The summed E-state index contributed by atoms with van der Waals surface area (Å²) >= 11 is 0. The van der Waals surface area contributed by atoms with Crippen LogP contribution < -0.4 is 0 Å².